The number of benzene rings is 2. The fourth-order valence-corrected chi connectivity index (χ4v) is 3.47. The summed E-state index contributed by atoms with van der Waals surface area (Å²) in [5.74, 6) is -2.68. The molecule has 1 aliphatic rings. The summed E-state index contributed by atoms with van der Waals surface area (Å²) in [5.41, 5.74) is 0.288. The van der Waals surface area contributed by atoms with Crippen molar-refractivity contribution in [3.05, 3.63) is 77.1 Å². The van der Waals surface area contributed by atoms with Crippen LogP contribution in [0.3, 0.4) is 0 Å². The molecule has 0 aliphatic carbocycles. The lowest BCUT2D eigenvalue weighted by Crippen LogP contribution is -3.05. The predicted molar refractivity (Wildman–Crippen MR) is 102 cm³/mol. The Labute approximate surface area is 163 Å². The van der Waals surface area contributed by atoms with Crippen molar-refractivity contribution in [3.8, 4) is 0 Å². The maximum absolute atomic E-state index is 14.6. The lowest BCUT2D eigenvalue weighted by Gasteiger charge is -2.28. The fraction of sp³-hybridized carbons (Fsp3) is 0.273. The van der Waals surface area contributed by atoms with Crippen molar-refractivity contribution in [2.24, 2.45) is 0 Å². The highest BCUT2D eigenvalue weighted by Gasteiger charge is 2.44. The Morgan fingerprint density at radius 2 is 1.71 bits per heavy atom. The number of rotatable bonds is 6. The molecule has 0 saturated carbocycles. The van der Waals surface area contributed by atoms with Gasteiger partial charge >= 0.3 is 0 Å². The molecule has 1 heterocycles. The average molecular weight is 382 g/mol. The number of ketones is 1. The molecular formula is C22H23FN2O3. The molecule has 1 atom stereocenters. The van der Waals surface area contributed by atoms with Crippen LogP contribution >= 0.6 is 0 Å². The van der Waals surface area contributed by atoms with E-state index in [0.29, 0.717) is 12.0 Å². The summed E-state index contributed by atoms with van der Waals surface area (Å²) in [7, 11) is 3.98. The maximum Gasteiger partial charge on any atom is 0.295 e. The normalized spacial score (nSPS) is 18.9. The molecule has 0 spiro atoms. The molecule has 5 nitrogen and oxygen atoms in total. The highest BCUT2D eigenvalue weighted by Crippen LogP contribution is 2.39. The van der Waals surface area contributed by atoms with Crippen LogP contribution in [-0.2, 0) is 9.59 Å². The van der Waals surface area contributed by atoms with Gasteiger partial charge in [0.05, 0.1) is 26.7 Å². The predicted octanol–water partition coefficient (Wildman–Crippen LogP) is 0.584. The minimum atomic E-state index is -1.01. The summed E-state index contributed by atoms with van der Waals surface area (Å²) in [5, 5.41) is 13.1. The third-order valence-corrected chi connectivity index (χ3v) is 4.84. The minimum Gasteiger partial charge on any atom is -0.872 e. The van der Waals surface area contributed by atoms with E-state index in [4.69, 9.17) is 0 Å². The smallest absolute Gasteiger partial charge is 0.295 e. The average Bonchev–Trinajstić information content (AvgIpc) is 2.93. The Morgan fingerprint density at radius 1 is 1.07 bits per heavy atom. The topological polar surface area (TPSA) is 64.9 Å². The Bertz CT molecular complexity index is 909. The number of nitrogens with zero attached hydrogens (tertiary/aromatic N) is 1. The third-order valence-electron chi connectivity index (χ3n) is 4.84. The van der Waals surface area contributed by atoms with Crippen LogP contribution in [0.4, 0.5) is 4.39 Å². The maximum atomic E-state index is 14.6. The van der Waals surface area contributed by atoms with Gasteiger partial charge in [-0.05, 0) is 11.6 Å². The number of hydrogen-bond donors (Lipinski definition) is 1. The number of Topliss-reactive ketones (excluding diaryl/α,β-unsaturated/α-hetero) is 1. The number of likely N-dealkylation sites (tertiary alicyclic amines) is 1. The van der Waals surface area contributed by atoms with Crippen molar-refractivity contribution in [2.75, 3.05) is 27.2 Å². The highest BCUT2D eigenvalue weighted by molar-refractivity contribution is 6.46. The van der Waals surface area contributed by atoms with E-state index in [0.717, 1.165) is 6.54 Å². The van der Waals surface area contributed by atoms with Crippen LogP contribution in [-0.4, -0.2) is 43.8 Å². The number of amides is 1. The van der Waals surface area contributed by atoms with Crippen LogP contribution in [0.5, 0.6) is 0 Å². The standard InChI is InChI=1S/C22H23FN2O3/c1-24(2)13-8-14-25-19(16-11-6-7-12-17(16)23)18(21(27)22(25)28)20(26)15-9-4-3-5-10-15/h3-7,9-12,19,26H,8,13-14H2,1-2H3. The summed E-state index contributed by atoms with van der Waals surface area (Å²) < 4.78 is 14.6. The van der Waals surface area contributed by atoms with E-state index in [1.807, 2.05) is 14.1 Å². The van der Waals surface area contributed by atoms with Gasteiger partial charge in [0.15, 0.2) is 0 Å². The Balaban J connectivity index is 2.10. The lowest BCUT2D eigenvalue weighted by atomic mass is 9.95. The zero-order valence-electron chi connectivity index (χ0n) is 15.9. The van der Waals surface area contributed by atoms with Gasteiger partial charge in [-0.1, -0.05) is 54.3 Å². The van der Waals surface area contributed by atoms with Gasteiger partial charge in [-0.15, -0.1) is 0 Å². The van der Waals surface area contributed by atoms with Crippen molar-refractivity contribution < 1.29 is 24.0 Å². The van der Waals surface area contributed by atoms with Crippen LogP contribution < -0.4 is 10.0 Å². The number of carbonyl (C=O) groups excluding carboxylic acids is 2. The second-order valence-electron chi connectivity index (χ2n) is 7.17. The molecule has 0 radical (unpaired) electrons. The second kappa shape index (κ2) is 8.35. The zero-order valence-corrected chi connectivity index (χ0v) is 15.9. The quantitative estimate of drug-likeness (QED) is 0.452. The van der Waals surface area contributed by atoms with Gasteiger partial charge in [0.25, 0.3) is 5.91 Å². The summed E-state index contributed by atoms with van der Waals surface area (Å²) in [6.07, 6.45) is 0.638. The van der Waals surface area contributed by atoms with Crippen molar-refractivity contribution in [2.45, 2.75) is 12.5 Å². The van der Waals surface area contributed by atoms with Gasteiger partial charge in [0, 0.05) is 24.1 Å². The molecule has 1 N–H and O–H groups in total. The van der Waals surface area contributed by atoms with Crippen molar-refractivity contribution in [1.29, 1.82) is 0 Å². The van der Waals surface area contributed by atoms with Crippen LogP contribution in [0.1, 0.15) is 23.6 Å². The fourth-order valence-electron chi connectivity index (χ4n) is 3.47. The first-order valence-electron chi connectivity index (χ1n) is 9.27. The van der Waals surface area contributed by atoms with Crippen molar-refractivity contribution >= 4 is 17.4 Å². The van der Waals surface area contributed by atoms with E-state index in [9.17, 15) is 19.1 Å². The van der Waals surface area contributed by atoms with E-state index in [1.54, 1.807) is 36.4 Å². The zero-order chi connectivity index (χ0) is 20.3. The second-order valence-corrected chi connectivity index (χ2v) is 7.17. The molecule has 146 valence electrons. The number of halogens is 1. The van der Waals surface area contributed by atoms with Gasteiger partial charge < -0.3 is 14.9 Å². The first-order chi connectivity index (χ1) is 13.4. The first-order valence-corrected chi connectivity index (χ1v) is 9.27. The Hall–Kier alpha value is -2.99. The molecule has 2 aromatic carbocycles. The van der Waals surface area contributed by atoms with Gasteiger partial charge in [-0.25, -0.2) is 4.39 Å². The van der Waals surface area contributed by atoms with Gasteiger partial charge in [0.2, 0.25) is 5.78 Å². The molecule has 3 rings (SSSR count). The van der Waals surface area contributed by atoms with E-state index in [1.165, 1.54) is 28.0 Å². The summed E-state index contributed by atoms with van der Waals surface area (Å²) in [4.78, 5) is 28.0. The lowest BCUT2D eigenvalue weighted by molar-refractivity contribution is -0.858. The molecule has 1 fully saturated rings. The summed E-state index contributed by atoms with van der Waals surface area (Å²) >= 11 is 0. The van der Waals surface area contributed by atoms with E-state index >= 15 is 0 Å². The van der Waals surface area contributed by atoms with Crippen LogP contribution in [0.15, 0.2) is 60.2 Å². The molecule has 1 unspecified atom stereocenters. The summed E-state index contributed by atoms with van der Waals surface area (Å²) in [6.45, 7) is 1.06. The summed E-state index contributed by atoms with van der Waals surface area (Å²) in [6, 6.07) is 13.3. The van der Waals surface area contributed by atoms with E-state index in [2.05, 4.69) is 0 Å². The molecule has 1 saturated heterocycles. The number of quaternary nitrogens is 1. The Kier molecular flexibility index (Phi) is 5.90. The van der Waals surface area contributed by atoms with Gasteiger partial charge in [0.1, 0.15) is 5.82 Å². The van der Waals surface area contributed by atoms with Gasteiger partial charge in [-0.3, -0.25) is 9.59 Å². The molecule has 1 aliphatic heterocycles. The SMILES string of the molecule is C[NH+](C)CCCN1C(=O)C(=O)C(=C([O-])c2ccccc2)C1c1ccccc1F. The molecule has 1 amide bonds. The highest BCUT2D eigenvalue weighted by atomic mass is 19.1. The minimum absolute atomic E-state index is 0.165. The first kappa shape index (κ1) is 19.8. The van der Waals surface area contributed by atoms with Crippen LogP contribution in [0.2, 0.25) is 0 Å². The third kappa shape index (κ3) is 3.82. The van der Waals surface area contributed by atoms with Crippen molar-refractivity contribution in [3.63, 3.8) is 0 Å². The van der Waals surface area contributed by atoms with E-state index < -0.39 is 29.3 Å². The van der Waals surface area contributed by atoms with Crippen molar-refractivity contribution in [1.82, 2.24) is 4.90 Å². The number of nitrogens with one attached hydrogen (secondary N) is 1. The molecule has 28 heavy (non-hydrogen) atoms. The van der Waals surface area contributed by atoms with Gasteiger partial charge in [-0.2, -0.15) is 0 Å². The van der Waals surface area contributed by atoms with E-state index in [-0.39, 0.29) is 17.7 Å². The molecule has 2 aromatic rings. The Morgan fingerprint density at radius 3 is 2.36 bits per heavy atom. The monoisotopic (exact) mass is 382 g/mol. The largest absolute Gasteiger partial charge is 0.872 e. The molecule has 0 bridgehead atoms. The number of hydrogen-bond acceptors (Lipinski definition) is 3. The number of carbonyl (C=O) groups is 2. The van der Waals surface area contributed by atoms with Crippen LogP contribution in [0.25, 0.3) is 5.76 Å². The molecule has 0 aromatic heterocycles. The molecule has 6 heteroatoms. The molecular weight excluding hydrogens is 359 g/mol. The van der Waals surface area contributed by atoms with Crippen LogP contribution in [0, 0.1) is 5.82 Å².